The molecule has 9 heteroatoms. The molecule has 124 valence electrons. The first-order valence-electron chi connectivity index (χ1n) is 6.39. The van der Waals surface area contributed by atoms with E-state index in [-0.39, 0.29) is 0 Å². The number of unbranched alkanes of at least 4 members (excludes halogenated alkanes) is 2. The van der Waals surface area contributed by atoms with Crippen molar-refractivity contribution in [1.82, 2.24) is 5.32 Å². The average Bonchev–Trinajstić information content (AvgIpc) is 2.35. The Balaban J connectivity index is 0. The molecule has 0 aliphatic rings. The Labute approximate surface area is 124 Å². The maximum absolute atomic E-state index is 10.2. The Morgan fingerprint density at radius 3 is 2.14 bits per heavy atom. The number of carboxylic acid groups (broad SMARTS) is 2. The summed E-state index contributed by atoms with van der Waals surface area (Å²) in [6, 6.07) is 0. The van der Waals surface area contributed by atoms with Gasteiger partial charge in [-0.1, -0.05) is 25.8 Å². The van der Waals surface area contributed by atoms with Crippen molar-refractivity contribution < 1.29 is 32.8 Å². The lowest BCUT2D eigenvalue weighted by atomic mass is 10.2. The van der Waals surface area contributed by atoms with Crippen molar-refractivity contribution in [3.05, 3.63) is 12.7 Å². The third kappa shape index (κ3) is 14.8. The van der Waals surface area contributed by atoms with Crippen LogP contribution in [0.2, 0.25) is 0 Å². The second kappa shape index (κ2) is 12.3. The maximum atomic E-state index is 10.2. The van der Waals surface area contributed by atoms with E-state index in [1.807, 2.05) is 6.08 Å². The molecule has 0 aliphatic heterocycles. The molecule has 0 spiro atoms. The van der Waals surface area contributed by atoms with Gasteiger partial charge in [0.05, 0.1) is 6.42 Å². The zero-order chi connectivity index (χ0) is 16.9. The van der Waals surface area contributed by atoms with Gasteiger partial charge >= 0.3 is 11.9 Å². The number of carbonyl (C=O) groups is 2. The van der Waals surface area contributed by atoms with Gasteiger partial charge in [0.15, 0.2) is 5.25 Å². The molecular formula is C12H23NO7S. The van der Waals surface area contributed by atoms with Gasteiger partial charge < -0.3 is 15.5 Å². The third-order valence-electron chi connectivity index (χ3n) is 2.24. The summed E-state index contributed by atoms with van der Waals surface area (Å²) < 4.78 is 28.7. The fourth-order valence-electron chi connectivity index (χ4n) is 1.18. The lowest BCUT2D eigenvalue weighted by Gasteiger charge is -2.04. The number of nitrogens with one attached hydrogen (secondary N) is 1. The first kappa shape index (κ1) is 21.8. The number of carboxylic acids is 2. The van der Waals surface area contributed by atoms with Crippen LogP contribution in [-0.4, -0.2) is 53.5 Å². The number of aliphatic carboxylic acids is 2. The molecule has 21 heavy (non-hydrogen) atoms. The van der Waals surface area contributed by atoms with E-state index in [1.165, 1.54) is 19.3 Å². The van der Waals surface area contributed by atoms with Crippen LogP contribution >= 0.6 is 0 Å². The Bertz CT molecular complexity index is 419. The summed E-state index contributed by atoms with van der Waals surface area (Å²) >= 11 is 0. The topological polar surface area (TPSA) is 141 Å². The average molecular weight is 325 g/mol. The van der Waals surface area contributed by atoms with Crippen molar-refractivity contribution in [1.29, 1.82) is 0 Å². The molecule has 0 saturated carbocycles. The highest BCUT2D eigenvalue weighted by molar-refractivity contribution is 7.87. The summed E-state index contributed by atoms with van der Waals surface area (Å²) in [6.07, 6.45) is 4.67. The minimum absolute atomic E-state index is 0.948. The highest BCUT2D eigenvalue weighted by atomic mass is 32.2. The standard InChI is InChI=1S/C8H17N.C4H6O7S/c1-3-5-6-8-9-7-4-2;5-3(6)1-2(4(7)8)12(9,10)11/h4,9H,2-3,5-8H2,1H3;2H,1H2,(H,5,6)(H,7,8)(H,9,10,11). The molecule has 0 aromatic rings. The monoisotopic (exact) mass is 325 g/mol. The minimum atomic E-state index is -4.84. The molecular weight excluding hydrogens is 302 g/mol. The van der Waals surface area contributed by atoms with Gasteiger partial charge in [0, 0.05) is 6.54 Å². The Morgan fingerprint density at radius 2 is 1.86 bits per heavy atom. The lowest BCUT2D eigenvalue weighted by molar-refractivity contribution is -0.143. The largest absolute Gasteiger partial charge is 0.481 e. The zero-order valence-corrected chi connectivity index (χ0v) is 12.8. The zero-order valence-electron chi connectivity index (χ0n) is 12.0. The number of hydrogen-bond donors (Lipinski definition) is 4. The first-order valence-corrected chi connectivity index (χ1v) is 7.89. The van der Waals surface area contributed by atoms with E-state index in [1.54, 1.807) is 0 Å². The Hall–Kier alpha value is -1.45. The SMILES string of the molecule is C=CCNCCCCC.O=C(O)CC(C(=O)O)S(=O)(=O)O. The molecule has 0 radical (unpaired) electrons. The van der Waals surface area contributed by atoms with Crippen LogP contribution in [0.1, 0.15) is 32.6 Å². The van der Waals surface area contributed by atoms with Gasteiger partial charge in [0.2, 0.25) is 0 Å². The van der Waals surface area contributed by atoms with Gasteiger partial charge in [0.1, 0.15) is 0 Å². The summed E-state index contributed by atoms with van der Waals surface area (Å²) in [5.41, 5.74) is 0. The number of hydrogen-bond acceptors (Lipinski definition) is 5. The molecule has 0 bridgehead atoms. The molecule has 0 heterocycles. The van der Waals surface area contributed by atoms with Crippen LogP contribution in [0.25, 0.3) is 0 Å². The summed E-state index contributed by atoms with van der Waals surface area (Å²) in [6.45, 7) is 7.92. The van der Waals surface area contributed by atoms with E-state index < -0.39 is 33.7 Å². The molecule has 8 nitrogen and oxygen atoms in total. The molecule has 0 saturated heterocycles. The van der Waals surface area contributed by atoms with Gasteiger partial charge in [-0.25, -0.2) is 0 Å². The fourth-order valence-corrected chi connectivity index (χ4v) is 1.79. The smallest absolute Gasteiger partial charge is 0.325 e. The highest BCUT2D eigenvalue weighted by Gasteiger charge is 2.33. The van der Waals surface area contributed by atoms with E-state index in [4.69, 9.17) is 14.8 Å². The second-order valence-corrected chi connectivity index (χ2v) is 5.74. The van der Waals surface area contributed by atoms with Gasteiger partial charge in [-0.05, 0) is 13.0 Å². The molecule has 0 aromatic carbocycles. The quantitative estimate of drug-likeness (QED) is 0.262. The number of rotatable bonds is 10. The highest BCUT2D eigenvalue weighted by Crippen LogP contribution is 2.04. The van der Waals surface area contributed by atoms with Gasteiger partial charge in [0.25, 0.3) is 10.1 Å². The van der Waals surface area contributed by atoms with Crippen LogP contribution in [0.5, 0.6) is 0 Å². The molecule has 0 amide bonds. The normalized spacial score (nSPS) is 11.9. The Kier molecular flexibility index (Phi) is 12.8. The second-order valence-electron chi connectivity index (χ2n) is 4.14. The molecule has 4 N–H and O–H groups in total. The van der Waals surface area contributed by atoms with Gasteiger partial charge in [-0.3, -0.25) is 14.1 Å². The maximum Gasteiger partial charge on any atom is 0.325 e. The van der Waals surface area contributed by atoms with Crippen LogP contribution in [0.15, 0.2) is 12.7 Å². The van der Waals surface area contributed by atoms with Crippen molar-refractivity contribution >= 4 is 22.1 Å². The van der Waals surface area contributed by atoms with Gasteiger partial charge in [-0.2, -0.15) is 8.42 Å². The molecule has 1 unspecified atom stereocenters. The first-order chi connectivity index (χ1) is 9.66. The minimum Gasteiger partial charge on any atom is -0.481 e. The van der Waals surface area contributed by atoms with E-state index in [0.29, 0.717) is 0 Å². The van der Waals surface area contributed by atoms with Crippen molar-refractivity contribution in [3.8, 4) is 0 Å². The fraction of sp³-hybridized carbons (Fsp3) is 0.667. The summed E-state index contributed by atoms with van der Waals surface area (Å²) in [5, 5.41) is 17.2. The van der Waals surface area contributed by atoms with Crippen molar-refractivity contribution in [3.63, 3.8) is 0 Å². The summed E-state index contributed by atoms with van der Waals surface area (Å²) in [4.78, 5) is 20.0. The van der Waals surface area contributed by atoms with Crippen molar-refractivity contribution in [2.75, 3.05) is 13.1 Å². The molecule has 1 atom stereocenters. The van der Waals surface area contributed by atoms with Crippen LogP contribution in [0, 0.1) is 0 Å². The van der Waals surface area contributed by atoms with Crippen LogP contribution < -0.4 is 5.32 Å². The summed E-state index contributed by atoms with van der Waals surface area (Å²) in [5.74, 6) is -3.50. The van der Waals surface area contributed by atoms with E-state index in [0.717, 1.165) is 13.1 Å². The van der Waals surface area contributed by atoms with Crippen LogP contribution in [-0.2, 0) is 19.7 Å². The Morgan fingerprint density at radius 1 is 1.29 bits per heavy atom. The van der Waals surface area contributed by atoms with E-state index in [2.05, 4.69) is 18.8 Å². The van der Waals surface area contributed by atoms with Crippen LogP contribution in [0.4, 0.5) is 0 Å². The summed E-state index contributed by atoms with van der Waals surface area (Å²) in [7, 11) is -4.84. The van der Waals surface area contributed by atoms with Crippen molar-refractivity contribution in [2.45, 2.75) is 37.9 Å². The molecule has 0 aromatic heterocycles. The molecule has 0 aliphatic carbocycles. The molecule has 0 fully saturated rings. The van der Waals surface area contributed by atoms with E-state index >= 15 is 0 Å². The predicted molar refractivity (Wildman–Crippen MR) is 77.8 cm³/mol. The van der Waals surface area contributed by atoms with E-state index in [9.17, 15) is 18.0 Å². The molecule has 0 rings (SSSR count). The van der Waals surface area contributed by atoms with Crippen LogP contribution in [0.3, 0.4) is 0 Å². The predicted octanol–water partition coefficient (Wildman–Crippen LogP) is 0.754. The van der Waals surface area contributed by atoms with Gasteiger partial charge in [-0.15, -0.1) is 6.58 Å². The lowest BCUT2D eigenvalue weighted by Crippen LogP contribution is -2.31. The van der Waals surface area contributed by atoms with Crippen molar-refractivity contribution in [2.24, 2.45) is 0 Å². The third-order valence-corrected chi connectivity index (χ3v) is 3.33.